The number of hydrogen-bond acceptors (Lipinski definition) is 4. The largest absolute Gasteiger partial charge is 0.489 e. The Bertz CT molecular complexity index is 1120. The van der Waals surface area contributed by atoms with Crippen molar-refractivity contribution in [3.63, 3.8) is 0 Å². The molecular weight excluding hydrogens is 386 g/mol. The molecule has 0 aliphatic carbocycles. The minimum Gasteiger partial charge on any atom is -0.489 e. The molecule has 3 aromatic carbocycles. The molecule has 0 saturated heterocycles. The van der Waals surface area contributed by atoms with Crippen LogP contribution in [0, 0.1) is 6.92 Å². The molecule has 1 aliphatic rings. The van der Waals surface area contributed by atoms with Crippen molar-refractivity contribution in [2.45, 2.75) is 13.5 Å². The molecule has 4 nitrogen and oxygen atoms in total. The number of hydrogen-bond donors (Lipinski definition) is 0. The number of carbonyl (C=O) groups excluding carboxylic acids is 1. The lowest BCUT2D eigenvalue weighted by molar-refractivity contribution is -0.129. The Hall–Kier alpha value is -3.37. The Balaban J connectivity index is 1.52. The van der Waals surface area contributed by atoms with Gasteiger partial charge in [-0.1, -0.05) is 65.7 Å². The number of cyclic esters (lactones) is 1. The van der Waals surface area contributed by atoms with E-state index in [4.69, 9.17) is 21.1 Å². The van der Waals surface area contributed by atoms with E-state index in [0.29, 0.717) is 22.9 Å². The molecule has 5 heteroatoms. The molecule has 0 fully saturated rings. The van der Waals surface area contributed by atoms with Gasteiger partial charge in [-0.15, -0.1) is 0 Å². The van der Waals surface area contributed by atoms with E-state index in [2.05, 4.69) is 24.0 Å². The number of halogens is 1. The highest BCUT2D eigenvalue weighted by Crippen LogP contribution is 2.24. The van der Waals surface area contributed by atoms with Gasteiger partial charge in [0, 0.05) is 0 Å². The van der Waals surface area contributed by atoms with E-state index >= 15 is 0 Å². The van der Waals surface area contributed by atoms with Crippen LogP contribution in [0.4, 0.5) is 0 Å². The van der Waals surface area contributed by atoms with Crippen molar-refractivity contribution in [3.05, 3.63) is 106 Å². The Kier molecular flexibility index (Phi) is 5.45. The van der Waals surface area contributed by atoms with E-state index in [-0.39, 0.29) is 11.6 Å². The smallest absolute Gasteiger partial charge is 0.363 e. The summed E-state index contributed by atoms with van der Waals surface area (Å²) >= 11 is 6.17. The first-order chi connectivity index (χ1) is 14.1. The molecule has 1 heterocycles. The summed E-state index contributed by atoms with van der Waals surface area (Å²) < 4.78 is 11.2. The van der Waals surface area contributed by atoms with Crippen molar-refractivity contribution >= 4 is 29.5 Å². The molecule has 0 unspecified atom stereocenters. The predicted octanol–water partition coefficient (Wildman–Crippen LogP) is 5.57. The minimum absolute atomic E-state index is 0.207. The number of benzene rings is 3. The quantitative estimate of drug-likeness (QED) is 0.413. The maximum absolute atomic E-state index is 12.2. The van der Waals surface area contributed by atoms with Crippen LogP contribution in [0.5, 0.6) is 5.75 Å². The van der Waals surface area contributed by atoms with E-state index in [1.165, 1.54) is 5.56 Å². The molecule has 0 atom stereocenters. The molecule has 0 N–H and O–H groups in total. The third-order valence-corrected chi connectivity index (χ3v) is 4.74. The van der Waals surface area contributed by atoms with Crippen LogP contribution in [-0.2, 0) is 16.1 Å². The molecule has 144 valence electrons. The maximum Gasteiger partial charge on any atom is 0.363 e. The lowest BCUT2D eigenvalue weighted by atomic mass is 10.1. The first kappa shape index (κ1) is 19.0. The van der Waals surface area contributed by atoms with E-state index in [0.717, 1.165) is 11.1 Å². The summed E-state index contributed by atoms with van der Waals surface area (Å²) in [7, 11) is 0. The van der Waals surface area contributed by atoms with Gasteiger partial charge in [0.2, 0.25) is 5.90 Å². The fourth-order valence-electron chi connectivity index (χ4n) is 2.86. The van der Waals surface area contributed by atoms with Gasteiger partial charge in [0.25, 0.3) is 0 Å². The van der Waals surface area contributed by atoms with Crippen LogP contribution < -0.4 is 4.74 Å². The highest BCUT2D eigenvalue weighted by molar-refractivity contribution is 6.34. The second-order valence-electron chi connectivity index (χ2n) is 6.66. The fraction of sp³-hybridized carbons (Fsp3) is 0.0833. The van der Waals surface area contributed by atoms with Gasteiger partial charge >= 0.3 is 5.97 Å². The average molecular weight is 404 g/mol. The average Bonchev–Trinajstić information content (AvgIpc) is 3.08. The second kappa shape index (κ2) is 8.33. The SMILES string of the molecule is Cc1ccc(COc2cccc(/C=C3/N=C(c4ccccc4Cl)OC3=O)c2)cc1. The lowest BCUT2D eigenvalue weighted by Gasteiger charge is -2.07. The molecule has 29 heavy (non-hydrogen) atoms. The highest BCUT2D eigenvalue weighted by Gasteiger charge is 2.25. The van der Waals surface area contributed by atoms with Gasteiger partial charge in [0.15, 0.2) is 5.70 Å². The van der Waals surface area contributed by atoms with Crippen molar-refractivity contribution in [3.8, 4) is 5.75 Å². The number of esters is 1. The van der Waals surface area contributed by atoms with Crippen LogP contribution in [0.25, 0.3) is 6.08 Å². The molecule has 0 radical (unpaired) electrons. The van der Waals surface area contributed by atoms with Gasteiger partial charge in [-0.2, -0.15) is 0 Å². The summed E-state index contributed by atoms with van der Waals surface area (Å²) in [6, 6.07) is 22.8. The van der Waals surface area contributed by atoms with Crippen LogP contribution in [0.15, 0.2) is 83.5 Å². The van der Waals surface area contributed by atoms with Crippen LogP contribution in [0.3, 0.4) is 0 Å². The number of nitrogens with zero attached hydrogens (tertiary/aromatic N) is 1. The number of rotatable bonds is 5. The normalized spacial score (nSPS) is 14.6. The van der Waals surface area contributed by atoms with Gasteiger partial charge in [0.1, 0.15) is 12.4 Å². The summed E-state index contributed by atoms with van der Waals surface area (Å²) in [5, 5.41) is 0.479. The number of ether oxygens (including phenoxy) is 2. The van der Waals surface area contributed by atoms with Crippen LogP contribution >= 0.6 is 11.6 Å². The topological polar surface area (TPSA) is 47.9 Å². The third-order valence-electron chi connectivity index (χ3n) is 4.41. The van der Waals surface area contributed by atoms with Crippen molar-refractivity contribution in [2.24, 2.45) is 4.99 Å². The van der Waals surface area contributed by atoms with Gasteiger partial charge in [-0.3, -0.25) is 0 Å². The molecule has 0 spiro atoms. The predicted molar refractivity (Wildman–Crippen MR) is 114 cm³/mol. The van der Waals surface area contributed by atoms with Crippen LogP contribution in [0.2, 0.25) is 5.02 Å². The van der Waals surface area contributed by atoms with E-state index in [9.17, 15) is 4.79 Å². The zero-order valence-corrected chi connectivity index (χ0v) is 16.5. The van der Waals surface area contributed by atoms with E-state index < -0.39 is 5.97 Å². The minimum atomic E-state index is -0.508. The first-order valence-corrected chi connectivity index (χ1v) is 9.52. The summed E-state index contributed by atoms with van der Waals surface area (Å²) in [5.74, 6) is 0.408. The van der Waals surface area contributed by atoms with Crippen LogP contribution in [0.1, 0.15) is 22.3 Å². The van der Waals surface area contributed by atoms with Crippen molar-refractivity contribution in [1.29, 1.82) is 0 Å². The van der Waals surface area contributed by atoms with Crippen LogP contribution in [-0.4, -0.2) is 11.9 Å². The van der Waals surface area contributed by atoms with Crippen molar-refractivity contribution in [2.75, 3.05) is 0 Å². The van der Waals surface area contributed by atoms with Crippen molar-refractivity contribution in [1.82, 2.24) is 0 Å². The molecular formula is C24H18ClNO3. The van der Waals surface area contributed by atoms with Crippen molar-refractivity contribution < 1.29 is 14.3 Å². The Morgan fingerprint density at radius 2 is 1.83 bits per heavy atom. The standard InChI is InChI=1S/C24H18ClNO3/c1-16-9-11-17(12-10-16)15-28-19-6-4-5-18(13-19)14-22-24(27)29-23(26-22)20-7-2-3-8-21(20)25/h2-14H,15H2,1H3/b22-14+. The summed E-state index contributed by atoms with van der Waals surface area (Å²) in [4.78, 5) is 16.5. The third kappa shape index (κ3) is 4.55. The van der Waals surface area contributed by atoms with E-state index in [1.807, 2.05) is 48.5 Å². The van der Waals surface area contributed by atoms with Gasteiger partial charge < -0.3 is 9.47 Å². The molecule has 1 aliphatic heterocycles. The Morgan fingerprint density at radius 1 is 1.03 bits per heavy atom. The second-order valence-corrected chi connectivity index (χ2v) is 7.07. The summed E-state index contributed by atoms with van der Waals surface area (Å²) in [6.07, 6.45) is 1.67. The van der Waals surface area contributed by atoms with Gasteiger partial charge in [-0.05, 0) is 48.4 Å². The molecule has 3 aromatic rings. The van der Waals surface area contributed by atoms with E-state index in [1.54, 1.807) is 18.2 Å². The Morgan fingerprint density at radius 3 is 2.62 bits per heavy atom. The van der Waals surface area contributed by atoms with Gasteiger partial charge in [0.05, 0.1) is 10.6 Å². The first-order valence-electron chi connectivity index (χ1n) is 9.14. The number of carbonyl (C=O) groups is 1. The number of aryl methyl sites for hydroxylation is 1. The monoisotopic (exact) mass is 403 g/mol. The molecule has 0 amide bonds. The molecule has 0 aromatic heterocycles. The lowest BCUT2D eigenvalue weighted by Crippen LogP contribution is -2.05. The van der Waals surface area contributed by atoms with Gasteiger partial charge in [-0.25, -0.2) is 9.79 Å². The molecule has 0 saturated carbocycles. The summed E-state index contributed by atoms with van der Waals surface area (Å²) in [5.41, 5.74) is 3.90. The number of aliphatic imine (C=N–C) groups is 1. The Labute approximate surface area is 174 Å². The maximum atomic E-state index is 12.2. The fourth-order valence-corrected chi connectivity index (χ4v) is 3.08. The zero-order chi connectivity index (χ0) is 20.2. The molecule has 4 rings (SSSR count). The molecule has 0 bridgehead atoms. The zero-order valence-electron chi connectivity index (χ0n) is 15.8. The summed E-state index contributed by atoms with van der Waals surface area (Å²) in [6.45, 7) is 2.52. The highest BCUT2D eigenvalue weighted by atomic mass is 35.5.